The number of hydrogen-bond donors (Lipinski definition) is 3. The van der Waals surface area contributed by atoms with Gasteiger partial charge in [-0.2, -0.15) is 0 Å². The lowest BCUT2D eigenvalue weighted by Gasteiger charge is -2.10. The van der Waals surface area contributed by atoms with Crippen LogP contribution < -0.4 is 16.0 Å². The van der Waals surface area contributed by atoms with Gasteiger partial charge in [-0.3, -0.25) is 4.79 Å². The SMILES string of the molecule is CC(=O)Nc1ccc(NC(=O)Nc2ccc(Br)cc2C)cc1. The molecule has 2 aromatic carbocycles. The highest BCUT2D eigenvalue weighted by atomic mass is 79.9. The molecule has 6 heteroatoms. The van der Waals surface area contributed by atoms with Crippen molar-refractivity contribution in [3.63, 3.8) is 0 Å². The van der Waals surface area contributed by atoms with Gasteiger partial charge < -0.3 is 16.0 Å². The van der Waals surface area contributed by atoms with Crippen molar-refractivity contribution in [1.29, 1.82) is 0 Å². The number of carbonyl (C=O) groups is 2. The second-order valence-corrected chi connectivity index (χ2v) is 5.71. The second-order valence-electron chi connectivity index (χ2n) is 4.80. The maximum atomic E-state index is 12.0. The largest absolute Gasteiger partial charge is 0.326 e. The fourth-order valence-electron chi connectivity index (χ4n) is 1.89. The summed E-state index contributed by atoms with van der Waals surface area (Å²) >= 11 is 3.38. The number of hydrogen-bond acceptors (Lipinski definition) is 2. The number of carbonyl (C=O) groups excluding carboxylic acids is 2. The van der Waals surface area contributed by atoms with Crippen LogP contribution >= 0.6 is 15.9 Å². The zero-order valence-electron chi connectivity index (χ0n) is 12.2. The van der Waals surface area contributed by atoms with Crippen molar-refractivity contribution in [2.75, 3.05) is 16.0 Å². The molecule has 0 aliphatic heterocycles. The summed E-state index contributed by atoms with van der Waals surface area (Å²) < 4.78 is 0.963. The van der Waals surface area contributed by atoms with Gasteiger partial charge in [0.15, 0.2) is 0 Å². The molecule has 114 valence electrons. The topological polar surface area (TPSA) is 70.2 Å². The Morgan fingerprint density at radius 2 is 1.50 bits per heavy atom. The van der Waals surface area contributed by atoms with E-state index in [1.165, 1.54) is 6.92 Å². The quantitative estimate of drug-likeness (QED) is 0.759. The Balaban J connectivity index is 1.98. The van der Waals surface area contributed by atoms with Crippen LogP contribution in [0.1, 0.15) is 12.5 Å². The van der Waals surface area contributed by atoms with E-state index in [1.807, 2.05) is 25.1 Å². The summed E-state index contributed by atoms with van der Waals surface area (Å²) in [4.78, 5) is 22.9. The van der Waals surface area contributed by atoms with Crippen LogP contribution in [0.4, 0.5) is 21.9 Å². The molecule has 0 radical (unpaired) electrons. The minimum atomic E-state index is -0.322. The number of nitrogens with one attached hydrogen (secondary N) is 3. The number of aryl methyl sites for hydroxylation is 1. The van der Waals surface area contributed by atoms with Gasteiger partial charge in [0.05, 0.1) is 0 Å². The van der Waals surface area contributed by atoms with Crippen molar-refractivity contribution in [3.8, 4) is 0 Å². The fraction of sp³-hybridized carbons (Fsp3) is 0.125. The first kappa shape index (κ1) is 16.0. The first-order chi connectivity index (χ1) is 10.4. The van der Waals surface area contributed by atoms with Gasteiger partial charge in [0, 0.05) is 28.5 Å². The molecule has 0 saturated heterocycles. The van der Waals surface area contributed by atoms with Gasteiger partial charge in [-0.25, -0.2) is 4.79 Å². The van der Waals surface area contributed by atoms with Gasteiger partial charge in [0.25, 0.3) is 0 Å². The summed E-state index contributed by atoms with van der Waals surface area (Å²) in [5, 5.41) is 8.20. The maximum absolute atomic E-state index is 12.0. The molecule has 0 aromatic heterocycles. The summed E-state index contributed by atoms with van der Waals surface area (Å²) in [6.45, 7) is 3.36. The third-order valence-corrected chi connectivity index (χ3v) is 3.39. The monoisotopic (exact) mass is 361 g/mol. The number of halogens is 1. The number of rotatable bonds is 3. The zero-order chi connectivity index (χ0) is 16.1. The van der Waals surface area contributed by atoms with Crippen LogP contribution in [0, 0.1) is 6.92 Å². The third kappa shape index (κ3) is 4.60. The molecule has 0 fully saturated rings. The van der Waals surface area contributed by atoms with Crippen LogP contribution in [0.2, 0.25) is 0 Å². The van der Waals surface area contributed by atoms with Gasteiger partial charge in [0.2, 0.25) is 5.91 Å². The summed E-state index contributed by atoms with van der Waals surface area (Å²) in [7, 11) is 0. The molecular weight excluding hydrogens is 346 g/mol. The lowest BCUT2D eigenvalue weighted by molar-refractivity contribution is -0.114. The Morgan fingerprint density at radius 3 is 2.05 bits per heavy atom. The Morgan fingerprint density at radius 1 is 0.909 bits per heavy atom. The number of anilines is 3. The van der Waals surface area contributed by atoms with E-state index in [2.05, 4.69) is 31.9 Å². The number of benzene rings is 2. The number of urea groups is 1. The van der Waals surface area contributed by atoms with Crippen molar-refractivity contribution in [2.24, 2.45) is 0 Å². The molecule has 0 bridgehead atoms. The molecule has 2 rings (SSSR count). The molecule has 0 heterocycles. The van der Waals surface area contributed by atoms with Crippen LogP contribution in [0.5, 0.6) is 0 Å². The molecular formula is C16H16BrN3O2. The minimum absolute atomic E-state index is 0.135. The van der Waals surface area contributed by atoms with E-state index >= 15 is 0 Å². The van der Waals surface area contributed by atoms with E-state index in [0.717, 1.165) is 15.7 Å². The summed E-state index contributed by atoms with van der Waals surface area (Å²) in [6.07, 6.45) is 0. The molecule has 3 N–H and O–H groups in total. The fourth-order valence-corrected chi connectivity index (χ4v) is 2.37. The van der Waals surface area contributed by atoms with Crippen LogP contribution in [-0.4, -0.2) is 11.9 Å². The van der Waals surface area contributed by atoms with Crippen molar-refractivity contribution in [1.82, 2.24) is 0 Å². The smallest absolute Gasteiger partial charge is 0.323 e. The van der Waals surface area contributed by atoms with Crippen LogP contribution in [0.25, 0.3) is 0 Å². The third-order valence-electron chi connectivity index (χ3n) is 2.90. The van der Waals surface area contributed by atoms with E-state index in [1.54, 1.807) is 24.3 Å². The van der Waals surface area contributed by atoms with Crippen molar-refractivity contribution in [2.45, 2.75) is 13.8 Å². The van der Waals surface area contributed by atoms with E-state index in [4.69, 9.17) is 0 Å². The molecule has 0 unspecified atom stereocenters. The summed E-state index contributed by atoms with van der Waals surface area (Å²) in [6, 6.07) is 12.2. The van der Waals surface area contributed by atoms with E-state index < -0.39 is 0 Å². The highest BCUT2D eigenvalue weighted by Crippen LogP contribution is 2.20. The van der Waals surface area contributed by atoms with E-state index in [9.17, 15) is 9.59 Å². The molecule has 0 saturated carbocycles. The molecule has 0 atom stereocenters. The molecule has 3 amide bonds. The van der Waals surface area contributed by atoms with Crippen molar-refractivity contribution in [3.05, 3.63) is 52.5 Å². The average Bonchev–Trinajstić information content (AvgIpc) is 2.43. The van der Waals surface area contributed by atoms with E-state index in [0.29, 0.717) is 11.4 Å². The Labute approximate surface area is 137 Å². The average molecular weight is 362 g/mol. The van der Waals surface area contributed by atoms with Crippen molar-refractivity contribution < 1.29 is 9.59 Å². The first-order valence-corrected chi connectivity index (χ1v) is 7.45. The lowest BCUT2D eigenvalue weighted by Crippen LogP contribution is -2.20. The first-order valence-electron chi connectivity index (χ1n) is 6.66. The Bertz CT molecular complexity index is 699. The predicted molar refractivity (Wildman–Crippen MR) is 92.3 cm³/mol. The van der Waals surface area contributed by atoms with Crippen LogP contribution in [-0.2, 0) is 4.79 Å². The Kier molecular flexibility index (Phi) is 5.16. The van der Waals surface area contributed by atoms with Gasteiger partial charge in [-0.15, -0.1) is 0 Å². The van der Waals surface area contributed by atoms with Gasteiger partial charge >= 0.3 is 6.03 Å². The lowest BCUT2D eigenvalue weighted by atomic mass is 10.2. The highest BCUT2D eigenvalue weighted by Gasteiger charge is 2.05. The molecule has 2 aromatic rings. The molecule has 5 nitrogen and oxygen atoms in total. The van der Waals surface area contributed by atoms with Gasteiger partial charge in [0.1, 0.15) is 0 Å². The standard InChI is InChI=1S/C16H16BrN3O2/c1-10-9-12(17)3-8-15(10)20-16(22)19-14-6-4-13(5-7-14)18-11(2)21/h3-9H,1-2H3,(H,18,21)(H2,19,20,22). The highest BCUT2D eigenvalue weighted by molar-refractivity contribution is 9.10. The Hall–Kier alpha value is -2.34. The maximum Gasteiger partial charge on any atom is 0.323 e. The summed E-state index contributed by atoms with van der Waals surface area (Å²) in [5.74, 6) is -0.135. The van der Waals surface area contributed by atoms with E-state index in [-0.39, 0.29) is 11.9 Å². The zero-order valence-corrected chi connectivity index (χ0v) is 13.8. The molecule has 22 heavy (non-hydrogen) atoms. The number of amides is 3. The molecule has 0 aliphatic carbocycles. The molecule has 0 spiro atoms. The normalized spacial score (nSPS) is 9.95. The molecule has 0 aliphatic rings. The predicted octanol–water partition coefficient (Wildman–Crippen LogP) is 4.36. The van der Waals surface area contributed by atoms with Gasteiger partial charge in [-0.1, -0.05) is 15.9 Å². The minimum Gasteiger partial charge on any atom is -0.326 e. The van der Waals surface area contributed by atoms with Crippen molar-refractivity contribution >= 4 is 44.9 Å². The second kappa shape index (κ2) is 7.09. The summed E-state index contributed by atoms with van der Waals surface area (Å²) in [5.41, 5.74) is 3.03. The van der Waals surface area contributed by atoms with Crippen LogP contribution in [0.15, 0.2) is 46.9 Å². The van der Waals surface area contributed by atoms with Crippen LogP contribution in [0.3, 0.4) is 0 Å². The van der Waals surface area contributed by atoms with Gasteiger partial charge in [-0.05, 0) is 55.0 Å².